The average molecular weight is 191 g/mol. The van der Waals surface area contributed by atoms with Crippen LogP contribution in [-0.4, -0.2) is 0 Å². The highest BCUT2D eigenvalue weighted by Gasteiger charge is 2.36. The van der Waals surface area contributed by atoms with E-state index in [2.05, 4.69) is 13.0 Å². The van der Waals surface area contributed by atoms with Crippen molar-refractivity contribution in [2.45, 2.75) is 58.3 Å². The van der Waals surface area contributed by atoms with Crippen LogP contribution in [0.25, 0.3) is 0 Å². The lowest BCUT2D eigenvalue weighted by atomic mass is 9.72. The molecule has 14 heavy (non-hydrogen) atoms. The Morgan fingerprint density at radius 2 is 1.71 bits per heavy atom. The first-order valence-electron chi connectivity index (χ1n) is 6.15. The summed E-state index contributed by atoms with van der Waals surface area (Å²) < 4.78 is 0. The first-order valence-corrected chi connectivity index (χ1v) is 6.15. The van der Waals surface area contributed by atoms with Gasteiger partial charge in [0.2, 0.25) is 0 Å². The molecule has 2 saturated carbocycles. The molecule has 0 aliphatic heterocycles. The molecule has 2 fully saturated rings. The van der Waals surface area contributed by atoms with Crippen LogP contribution in [0.5, 0.6) is 0 Å². The van der Waals surface area contributed by atoms with E-state index in [4.69, 9.17) is 0 Å². The van der Waals surface area contributed by atoms with Crippen molar-refractivity contribution in [2.75, 3.05) is 0 Å². The molecule has 3 unspecified atom stereocenters. The summed E-state index contributed by atoms with van der Waals surface area (Å²) in [6.07, 6.45) is 10.7. The van der Waals surface area contributed by atoms with Crippen LogP contribution in [-0.2, 0) is 0 Å². The van der Waals surface area contributed by atoms with E-state index >= 15 is 0 Å². The zero-order chi connectivity index (χ0) is 10.0. The first kappa shape index (κ1) is 10.0. The van der Waals surface area contributed by atoms with Gasteiger partial charge in [0.05, 0.1) is 11.5 Å². The molecule has 1 heteroatoms. The fourth-order valence-electron chi connectivity index (χ4n) is 3.47. The van der Waals surface area contributed by atoms with Crippen molar-refractivity contribution >= 4 is 0 Å². The summed E-state index contributed by atoms with van der Waals surface area (Å²) in [7, 11) is 0. The molecule has 0 aromatic heterocycles. The smallest absolute Gasteiger partial charge is 0.0686 e. The fraction of sp³-hybridized carbons (Fsp3) is 0.923. The standard InChI is InChI=1S/C13H21N/c1-13(10-14)8-4-7-11-5-2-3-6-12(11)9-13/h11-12H,2-9H2,1H3. The molecule has 0 saturated heterocycles. The van der Waals surface area contributed by atoms with Crippen LogP contribution < -0.4 is 0 Å². The van der Waals surface area contributed by atoms with Gasteiger partial charge in [-0.3, -0.25) is 0 Å². The highest BCUT2D eigenvalue weighted by molar-refractivity contribution is 4.99. The SMILES string of the molecule is CC1(C#N)CCCC2CCCCC2C1. The summed E-state index contributed by atoms with van der Waals surface area (Å²) in [6, 6.07) is 2.55. The average Bonchev–Trinajstić information content (AvgIpc) is 2.37. The van der Waals surface area contributed by atoms with Gasteiger partial charge in [0.15, 0.2) is 0 Å². The number of hydrogen-bond acceptors (Lipinski definition) is 1. The Kier molecular flexibility index (Phi) is 2.81. The molecule has 2 rings (SSSR count). The van der Waals surface area contributed by atoms with Gasteiger partial charge >= 0.3 is 0 Å². The van der Waals surface area contributed by atoms with Gasteiger partial charge in [0, 0.05) is 0 Å². The van der Waals surface area contributed by atoms with E-state index in [1.807, 2.05) is 0 Å². The summed E-state index contributed by atoms with van der Waals surface area (Å²) in [6.45, 7) is 2.17. The molecule has 2 aliphatic rings. The van der Waals surface area contributed by atoms with Crippen molar-refractivity contribution in [1.82, 2.24) is 0 Å². The van der Waals surface area contributed by atoms with E-state index in [1.165, 1.54) is 44.9 Å². The lowest BCUT2D eigenvalue weighted by molar-refractivity contribution is 0.196. The van der Waals surface area contributed by atoms with Gasteiger partial charge in [-0.05, 0) is 31.6 Å². The Morgan fingerprint density at radius 1 is 1.07 bits per heavy atom. The summed E-state index contributed by atoms with van der Waals surface area (Å²) in [4.78, 5) is 0. The van der Waals surface area contributed by atoms with Crippen LogP contribution in [0.1, 0.15) is 58.3 Å². The Bertz CT molecular complexity index is 240. The summed E-state index contributed by atoms with van der Waals surface area (Å²) >= 11 is 0. The third kappa shape index (κ3) is 1.95. The van der Waals surface area contributed by atoms with Gasteiger partial charge in [-0.15, -0.1) is 0 Å². The Balaban J connectivity index is 2.08. The number of fused-ring (bicyclic) bond motifs is 1. The lowest BCUT2D eigenvalue weighted by Crippen LogP contribution is -2.23. The zero-order valence-electron chi connectivity index (χ0n) is 9.26. The van der Waals surface area contributed by atoms with E-state index in [1.54, 1.807) is 0 Å². The Hall–Kier alpha value is -0.510. The lowest BCUT2D eigenvalue weighted by Gasteiger charge is -2.32. The molecule has 1 nitrogen and oxygen atoms in total. The second kappa shape index (κ2) is 3.93. The van der Waals surface area contributed by atoms with Crippen LogP contribution in [0, 0.1) is 28.6 Å². The van der Waals surface area contributed by atoms with Crippen molar-refractivity contribution in [2.24, 2.45) is 17.3 Å². The van der Waals surface area contributed by atoms with E-state index in [0.29, 0.717) is 0 Å². The largest absolute Gasteiger partial charge is 0.198 e. The molecule has 0 aromatic rings. The maximum Gasteiger partial charge on any atom is 0.0686 e. The number of rotatable bonds is 0. The third-order valence-corrected chi connectivity index (χ3v) is 4.35. The molecule has 0 spiro atoms. The van der Waals surface area contributed by atoms with Crippen LogP contribution in [0.3, 0.4) is 0 Å². The topological polar surface area (TPSA) is 23.8 Å². The molecule has 2 aliphatic carbocycles. The predicted molar refractivity (Wildman–Crippen MR) is 57.6 cm³/mol. The summed E-state index contributed by atoms with van der Waals surface area (Å²) in [5.74, 6) is 1.83. The maximum absolute atomic E-state index is 9.22. The first-order chi connectivity index (χ1) is 6.73. The normalized spacial score (nSPS) is 43.4. The van der Waals surface area contributed by atoms with E-state index in [0.717, 1.165) is 18.3 Å². The second-order valence-electron chi connectivity index (χ2n) is 5.57. The van der Waals surface area contributed by atoms with Crippen molar-refractivity contribution in [1.29, 1.82) is 5.26 Å². The van der Waals surface area contributed by atoms with E-state index in [-0.39, 0.29) is 5.41 Å². The maximum atomic E-state index is 9.22. The van der Waals surface area contributed by atoms with E-state index in [9.17, 15) is 5.26 Å². The molecule has 0 heterocycles. The molecule has 3 atom stereocenters. The molecular formula is C13H21N. The molecule has 0 bridgehead atoms. The van der Waals surface area contributed by atoms with Crippen LogP contribution in [0.4, 0.5) is 0 Å². The fourth-order valence-corrected chi connectivity index (χ4v) is 3.47. The third-order valence-electron chi connectivity index (χ3n) is 4.35. The minimum absolute atomic E-state index is 0.00322. The van der Waals surface area contributed by atoms with Crippen molar-refractivity contribution in [3.8, 4) is 6.07 Å². The summed E-state index contributed by atoms with van der Waals surface area (Å²) in [5.41, 5.74) is -0.00322. The zero-order valence-corrected chi connectivity index (χ0v) is 9.26. The predicted octanol–water partition coefficient (Wildman–Crippen LogP) is 3.90. The minimum Gasteiger partial charge on any atom is -0.198 e. The monoisotopic (exact) mass is 191 g/mol. The number of nitrogens with zero attached hydrogens (tertiary/aromatic N) is 1. The quantitative estimate of drug-likeness (QED) is 0.569. The number of hydrogen-bond donors (Lipinski definition) is 0. The molecule has 0 amide bonds. The number of nitriles is 1. The van der Waals surface area contributed by atoms with Gasteiger partial charge in [-0.1, -0.05) is 38.5 Å². The minimum atomic E-state index is -0.00322. The van der Waals surface area contributed by atoms with Gasteiger partial charge in [-0.25, -0.2) is 0 Å². The van der Waals surface area contributed by atoms with Crippen LogP contribution in [0.15, 0.2) is 0 Å². The molecular weight excluding hydrogens is 170 g/mol. The second-order valence-corrected chi connectivity index (χ2v) is 5.57. The van der Waals surface area contributed by atoms with Crippen LogP contribution >= 0.6 is 0 Å². The molecule has 0 aromatic carbocycles. The molecule has 78 valence electrons. The molecule has 0 radical (unpaired) electrons. The van der Waals surface area contributed by atoms with E-state index < -0.39 is 0 Å². The van der Waals surface area contributed by atoms with Crippen LogP contribution in [0.2, 0.25) is 0 Å². The van der Waals surface area contributed by atoms with Gasteiger partial charge < -0.3 is 0 Å². The van der Waals surface area contributed by atoms with Crippen molar-refractivity contribution in [3.05, 3.63) is 0 Å². The van der Waals surface area contributed by atoms with Crippen molar-refractivity contribution in [3.63, 3.8) is 0 Å². The Labute approximate surface area is 87.5 Å². The van der Waals surface area contributed by atoms with Gasteiger partial charge in [-0.2, -0.15) is 5.26 Å². The summed E-state index contributed by atoms with van der Waals surface area (Å²) in [5, 5.41) is 9.22. The van der Waals surface area contributed by atoms with Gasteiger partial charge in [0.1, 0.15) is 0 Å². The highest BCUT2D eigenvalue weighted by atomic mass is 14.4. The Morgan fingerprint density at radius 3 is 2.43 bits per heavy atom. The highest BCUT2D eigenvalue weighted by Crippen LogP contribution is 2.45. The van der Waals surface area contributed by atoms with Gasteiger partial charge in [0.25, 0.3) is 0 Å². The molecule has 0 N–H and O–H groups in total. The van der Waals surface area contributed by atoms with Crippen molar-refractivity contribution < 1.29 is 0 Å².